The highest BCUT2D eigenvalue weighted by molar-refractivity contribution is 7.46. The fourth-order valence-corrected chi connectivity index (χ4v) is 4.95. The van der Waals surface area contributed by atoms with Gasteiger partial charge in [-0.3, -0.25) is 4.57 Å². The summed E-state index contributed by atoms with van der Waals surface area (Å²) < 4.78 is 40.2. The Kier molecular flexibility index (Phi) is 8.74. The normalized spacial score (nSPS) is 37.2. The largest absolute Gasteiger partial charge is 0.746 e. The molecule has 9 heteroatoms. The van der Waals surface area contributed by atoms with Gasteiger partial charge in [-0.05, 0) is 47.0 Å². The molecule has 0 aromatic heterocycles. The Balaban J connectivity index is 2.00. The van der Waals surface area contributed by atoms with Gasteiger partial charge >= 0.3 is 7.82 Å². The number of hydrogen-bond donors (Lipinski definition) is 1. The van der Waals surface area contributed by atoms with Crippen molar-refractivity contribution in [2.75, 3.05) is 6.61 Å². The summed E-state index contributed by atoms with van der Waals surface area (Å²) in [6.45, 7) is 15.3. The van der Waals surface area contributed by atoms with Crippen molar-refractivity contribution in [3.05, 3.63) is 12.3 Å². The van der Waals surface area contributed by atoms with Crippen LogP contribution in [-0.2, 0) is 27.8 Å². The second kappa shape index (κ2) is 10.2. The van der Waals surface area contributed by atoms with Gasteiger partial charge in [0.1, 0.15) is 11.9 Å². The number of aliphatic hydroxyl groups excluding tert-OH is 1. The molecule has 8 nitrogen and oxygen atoms in total. The molecule has 0 amide bonds. The van der Waals surface area contributed by atoms with E-state index >= 15 is 0 Å². The summed E-state index contributed by atoms with van der Waals surface area (Å²) >= 11 is 0. The van der Waals surface area contributed by atoms with Gasteiger partial charge in [0.05, 0.1) is 43.2 Å². The number of ether oxygens (including phenoxy) is 3. The van der Waals surface area contributed by atoms with Crippen LogP contribution in [0.1, 0.15) is 54.4 Å². The summed E-state index contributed by atoms with van der Waals surface area (Å²) in [5.41, 5.74) is 0. The Labute approximate surface area is 174 Å². The van der Waals surface area contributed by atoms with Gasteiger partial charge in [-0.15, -0.1) is 0 Å². The Bertz CT molecular complexity index is 595. The van der Waals surface area contributed by atoms with E-state index in [2.05, 4.69) is 6.58 Å². The molecule has 1 aliphatic heterocycles. The van der Waals surface area contributed by atoms with Crippen LogP contribution in [0.3, 0.4) is 0 Å². The molecule has 1 heterocycles. The van der Waals surface area contributed by atoms with Crippen LogP contribution in [0.25, 0.3) is 0 Å². The fraction of sp³-hybridized carbons (Fsp3) is 0.900. The van der Waals surface area contributed by atoms with Gasteiger partial charge in [-0.25, -0.2) is 0 Å². The van der Waals surface area contributed by atoms with Gasteiger partial charge in [0.15, 0.2) is 0 Å². The quantitative estimate of drug-likeness (QED) is 0.412. The average Bonchev–Trinajstić information content (AvgIpc) is 3.04. The third-order valence-corrected chi connectivity index (χ3v) is 6.25. The van der Waals surface area contributed by atoms with Crippen molar-refractivity contribution in [1.29, 1.82) is 0 Å². The maximum atomic E-state index is 12.6. The maximum Gasteiger partial charge on any atom is 0.319 e. The Morgan fingerprint density at radius 1 is 1.21 bits per heavy atom. The first-order valence-electron chi connectivity index (χ1n) is 10.4. The Morgan fingerprint density at radius 3 is 2.45 bits per heavy atom. The summed E-state index contributed by atoms with van der Waals surface area (Å²) in [7, 11) is -4.72. The molecule has 8 atom stereocenters. The lowest BCUT2D eigenvalue weighted by Gasteiger charge is -2.32. The minimum Gasteiger partial charge on any atom is -0.746 e. The molecule has 1 N–H and O–H groups in total. The van der Waals surface area contributed by atoms with Crippen molar-refractivity contribution in [3.63, 3.8) is 0 Å². The lowest BCUT2D eigenvalue weighted by Crippen LogP contribution is -2.33. The Morgan fingerprint density at radius 2 is 1.86 bits per heavy atom. The molecule has 2 rings (SSSR count). The topological polar surface area (TPSA) is 107 Å². The van der Waals surface area contributed by atoms with Crippen LogP contribution in [0.15, 0.2) is 12.3 Å². The van der Waals surface area contributed by atoms with Crippen molar-refractivity contribution in [3.8, 4) is 0 Å². The predicted octanol–water partition coefficient (Wildman–Crippen LogP) is 2.78. The molecule has 1 saturated carbocycles. The number of rotatable bonds is 10. The second-order valence-corrected chi connectivity index (χ2v) is 10.0. The van der Waals surface area contributed by atoms with Crippen LogP contribution in [-0.4, -0.2) is 54.4 Å². The molecule has 2 aliphatic rings. The van der Waals surface area contributed by atoms with E-state index in [4.69, 9.17) is 23.3 Å². The van der Waals surface area contributed by atoms with Crippen LogP contribution < -0.4 is 4.89 Å². The van der Waals surface area contributed by atoms with Crippen molar-refractivity contribution >= 4 is 7.82 Å². The zero-order valence-corrected chi connectivity index (χ0v) is 19.2. The van der Waals surface area contributed by atoms with Crippen LogP contribution >= 0.6 is 7.82 Å². The van der Waals surface area contributed by atoms with Gasteiger partial charge in [-0.1, -0.05) is 13.5 Å². The molecule has 0 radical (unpaired) electrons. The molecule has 0 aromatic rings. The number of phosphoric acid groups is 1. The van der Waals surface area contributed by atoms with E-state index in [9.17, 15) is 14.6 Å². The minimum absolute atomic E-state index is 0.0340. The number of phosphoric ester groups is 1. The number of aliphatic hydroxyl groups is 1. The van der Waals surface area contributed by atoms with E-state index in [-0.39, 0.29) is 42.7 Å². The van der Waals surface area contributed by atoms with Crippen molar-refractivity contribution in [2.24, 2.45) is 11.8 Å². The Hall–Kier alpha value is -0.470. The van der Waals surface area contributed by atoms with Gasteiger partial charge in [0.25, 0.3) is 0 Å². The molecular formula is C20H36O8P-. The summed E-state index contributed by atoms with van der Waals surface area (Å²) in [6, 6.07) is 0. The molecule has 29 heavy (non-hydrogen) atoms. The first kappa shape index (κ1) is 24.8. The molecule has 0 aromatic carbocycles. The smallest absolute Gasteiger partial charge is 0.319 e. The van der Waals surface area contributed by atoms with Crippen LogP contribution in [0, 0.1) is 11.8 Å². The van der Waals surface area contributed by atoms with E-state index < -0.39 is 32.1 Å². The van der Waals surface area contributed by atoms with Crippen molar-refractivity contribution < 1.29 is 37.8 Å². The molecule has 2 unspecified atom stereocenters. The van der Waals surface area contributed by atoms with Gasteiger partial charge < -0.3 is 33.3 Å². The zero-order valence-electron chi connectivity index (χ0n) is 18.3. The highest BCUT2D eigenvalue weighted by Gasteiger charge is 2.44. The molecule has 2 fully saturated rings. The molecular weight excluding hydrogens is 399 g/mol. The maximum absolute atomic E-state index is 12.6. The van der Waals surface area contributed by atoms with E-state index in [0.717, 1.165) is 0 Å². The second-order valence-electron chi connectivity index (χ2n) is 8.72. The first-order valence-corrected chi connectivity index (χ1v) is 11.8. The monoisotopic (exact) mass is 435 g/mol. The average molecular weight is 435 g/mol. The lowest BCUT2D eigenvalue weighted by molar-refractivity contribution is -0.229. The molecule has 170 valence electrons. The fourth-order valence-electron chi connectivity index (χ4n) is 3.94. The zero-order chi connectivity index (χ0) is 21.9. The van der Waals surface area contributed by atoms with Crippen molar-refractivity contribution in [2.45, 2.75) is 97.1 Å². The third-order valence-electron chi connectivity index (χ3n) is 5.26. The van der Waals surface area contributed by atoms with Crippen molar-refractivity contribution in [1.82, 2.24) is 0 Å². The summed E-state index contributed by atoms with van der Waals surface area (Å²) in [4.78, 5) is 12.6. The van der Waals surface area contributed by atoms with Gasteiger partial charge in [-0.2, -0.15) is 0 Å². The molecule has 0 bridgehead atoms. The summed E-state index contributed by atoms with van der Waals surface area (Å²) in [5, 5.41) is 10.4. The van der Waals surface area contributed by atoms with E-state index in [1.807, 2.05) is 41.5 Å². The predicted molar refractivity (Wildman–Crippen MR) is 106 cm³/mol. The third kappa shape index (κ3) is 7.03. The highest BCUT2D eigenvalue weighted by Crippen LogP contribution is 2.49. The standard InChI is InChI=1S/C20H37O8P/c1-11(2)24-10-16-17(8-13(5)19(16)21)28-29(22,23)27-15(7)20-18(25-12(3)4)9-14(6)26-20/h11-14,16-21H,7-10H2,1-6H3,(H,22,23)/p-1/t13-,14-,16+,17+,18+,19?,20+/m0/s1. The number of hydrogen-bond acceptors (Lipinski definition) is 8. The SMILES string of the molecule is C=C(OP(=O)([O-])O[C@@H]1C[C@H](C)C(O)[C@@H]1COC(C)C)[C@H]1O[C@@H](C)C[C@H]1OC(C)C. The molecule has 0 spiro atoms. The molecule has 1 aliphatic carbocycles. The van der Waals surface area contributed by atoms with E-state index in [1.165, 1.54) is 0 Å². The van der Waals surface area contributed by atoms with Gasteiger partial charge in [0.2, 0.25) is 0 Å². The van der Waals surface area contributed by atoms with Crippen LogP contribution in [0.4, 0.5) is 0 Å². The lowest BCUT2D eigenvalue weighted by atomic mass is 10.0. The van der Waals surface area contributed by atoms with Crippen LogP contribution in [0.2, 0.25) is 0 Å². The summed E-state index contributed by atoms with van der Waals surface area (Å²) in [6.07, 6.45) is -1.60. The first-order chi connectivity index (χ1) is 13.4. The highest BCUT2D eigenvalue weighted by atomic mass is 31.2. The van der Waals surface area contributed by atoms with Gasteiger partial charge in [0, 0.05) is 12.3 Å². The molecule has 1 saturated heterocycles. The van der Waals surface area contributed by atoms with E-state index in [1.54, 1.807) is 0 Å². The summed E-state index contributed by atoms with van der Waals surface area (Å²) in [5.74, 6) is -0.613. The van der Waals surface area contributed by atoms with E-state index in [0.29, 0.717) is 12.8 Å². The minimum atomic E-state index is -4.72. The van der Waals surface area contributed by atoms with Crippen LogP contribution in [0.5, 0.6) is 0 Å².